The summed E-state index contributed by atoms with van der Waals surface area (Å²) in [6.45, 7) is 0.197. The van der Waals surface area contributed by atoms with Gasteiger partial charge in [0.2, 0.25) is 4.96 Å². The highest BCUT2D eigenvalue weighted by Crippen LogP contribution is 2.38. The summed E-state index contributed by atoms with van der Waals surface area (Å²) in [5.41, 5.74) is 2.23. The molecule has 3 aromatic heterocycles. The molecule has 50 heavy (non-hydrogen) atoms. The molecule has 7 aromatic rings. The van der Waals surface area contributed by atoms with Crippen LogP contribution in [0.2, 0.25) is 0 Å². The smallest absolute Gasteiger partial charge is 0.416 e. The van der Waals surface area contributed by atoms with Gasteiger partial charge in [0.25, 0.3) is 5.19 Å². The predicted octanol–water partition coefficient (Wildman–Crippen LogP) is 8.82. The highest BCUT2D eigenvalue weighted by Gasteiger charge is 2.32. The molecule has 0 unspecified atom stereocenters. The minimum absolute atomic E-state index is 0.0363. The summed E-state index contributed by atoms with van der Waals surface area (Å²) in [5.74, 6) is 1.03. The first-order valence-corrected chi connectivity index (χ1v) is 16.1. The first-order valence-electron chi connectivity index (χ1n) is 15.3. The summed E-state index contributed by atoms with van der Waals surface area (Å²) >= 11 is 1.30. The molecular weight excluding hydrogens is 671 g/mol. The van der Waals surface area contributed by atoms with Crippen LogP contribution in [0.5, 0.6) is 22.4 Å². The van der Waals surface area contributed by atoms with Gasteiger partial charge in [0.15, 0.2) is 11.5 Å². The molecule has 0 amide bonds. The molecule has 0 bridgehead atoms. The number of carbonyl (C=O) groups excluding carboxylic acids is 1. The van der Waals surface area contributed by atoms with E-state index in [-0.39, 0.29) is 30.9 Å². The summed E-state index contributed by atoms with van der Waals surface area (Å²) in [5, 5.41) is 5.50. The maximum Gasteiger partial charge on any atom is 0.416 e. The maximum atomic E-state index is 13.8. The van der Waals surface area contributed by atoms with E-state index in [9.17, 15) is 18.0 Å². The summed E-state index contributed by atoms with van der Waals surface area (Å²) in [4.78, 5) is 18.6. The van der Waals surface area contributed by atoms with Crippen molar-refractivity contribution in [2.24, 2.45) is 0 Å². The third kappa shape index (κ3) is 7.13. The lowest BCUT2D eigenvalue weighted by Crippen LogP contribution is -2.10. The van der Waals surface area contributed by atoms with Crippen molar-refractivity contribution in [3.05, 3.63) is 125 Å². The molecule has 0 N–H and O–H groups in total. The number of ether oxygens (including phenoxy) is 4. The number of nitrogens with zero attached hydrogens (tertiary/aromatic N) is 3. The number of alkyl halides is 3. The van der Waals surface area contributed by atoms with Gasteiger partial charge in [-0.3, -0.25) is 4.79 Å². The normalized spacial score (nSPS) is 11.6. The lowest BCUT2D eigenvalue weighted by Gasteiger charge is -2.13. The van der Waals surface area contributed by atoms with E-state index in [0.717, 1.165) is 23.3 Å². The van der Waals surface area contributed by atoms with Crippen molar-refractivity contribution in [3.8, 4) is 33.9 Å². The molecule has 3 heterocycles. The van der Waals surface area contributed by atoms with E-state index in [2.05, 4.69) is 10.1 Å². The lowest BCUT2D eigenvalue weighted by molar-refractivity contribution is -0.137. The van der Waals surface area contributed by atoms with E-state index < -0.39 is 17.5 Å². The number of imidazole rings is 1. The van der Waals surface area contributed by atoms with Crippen LogP contribution in [0.4, 0.5) is 13.2 Å². The van der Waals surface area contributed by atoms with Crippen molar-refractivity contribution in [2.45, 2.75) is 25.8 Å². The molecule has 0 fully saturated rings. The van der Waals surface area contributed by atoms with E-state index in [4.69, 9.17) is 23.4 Å². The molecule has 0 aliphatic heterocycles. The Kier molecular flexibility index (Phi) is 8.89. The summed E-state index contributed by atoms with van der Waals surface area (Å²) in [6, 6.07) is 24.6. The van der Waals surface area contributed by atoms with Gasteiger partial charge < -0.3 is 23.4 Å². The molecule has 254 valence electrons. The van der Waals surface area contributed by atoms with Gasteiger partial charge in [-0.25, -0.2) is 9.50 Å². The average Bonchev–Trinajstić information content (AvgIpc) is 3.83. The van der Waals surface area contributed by atoms with Gasteiger partial charge in [-0.2, -0.15) is 13.2 Å². The third-order valence-corrected chi connectivity index (χ3v) is 8.70. The first-order chi connectivity index (χ1) is 24.1. The fourth-order valence-corrected chi connectivity index (χ4v) is 6.05. The van der Waals surface area contributed by atoms with E-state index >= 15 is 0 Å². The molecule has 0 spiro atoms. The number of Topliss-reactive ketones (excluding diaryl/α,β-unsaturated/α-hetero) is 1. The number of aromatic nitrogens is 3. The first kappa shape index (κ1) is 32.7. The fraction of sp³-hybridized carbons (Fsp3) is 0.162. The number of halogens is 3. The fourth-order valence-electron chi connectivity index (χ4n) is 5.36. The zero-order valence-corrected chi connectivity index (χ0v) is 27.5. The van der Waals surface area contributed by atoms with Gasteiger partial charge in [-0.15, -0.1) is 5.10 Å². The Hall–Kier alpha value is -5.82. The molecule has 13 heteroatoms. The van der Waals surface area contributed by atoms with Crippen molar-refractivity contribution in [2.75, 3.05) is 14.2 Å². The zero-order chi connectivity index (χ0) is 34.8. The molecule has 7 rings (SSSR count). The maximum absolute atomic E-state index is 13.8. The number of ketones is 1. The second-order valence-electron chi connectivity index (χ2n) is 11.3. The Morgan fingerprint density at radius 2 is 1.62 bits per heavy atom. The van der Waals surface area contributed by atoms with Gasteiger partial charge in [-0.1, -0.05) is 54.6 Å². The van der Waals surface area contributed by atoms with Crippen molar-refractivity contribution in [3.63, 3.8) is 0 Å². The van der Waals surface area contributed by atoms with Crippen LogP contribution in [-0.2, 0) is 25.8 Å². The van der Waals surface area contributed by atoms with Gasteiger partial charge >= 0.3 is 6.18 Å². The van der Waals surface area contributed by atoms with Crippen LogP contribution in [0.3, 0.4) is 0 Å². The van der Waals surface area contributed by atoms with Crippen molar-refractivity contribution >= 4 is 33.1 Å². The minimum Gasteiger partial charge on any atom is -0.496 e. The second-order valence-corrected chi connectivity index (χ2v) is 12.2. The molecule has 4 aromatic carbocycles. The molecular formula is C37H28F3N3O6S. The number of methoxy groups -OCH3 is 2. The molecule has 0 saturated carbocycles. The van der Waals surface area contributed by atoms with Gasteiger partial charge in [0.05, 0.1) is 31.4 Å². The van der Waals surface area contributed by atoms with Crippen molar-refractivity contribution in [1.29, 1.82) is 0 Å². The number of hydrogen-bond donors (Lipinski definition) is 0. The number of rotatable bonds is 12. The van der Waals surface area contributed by atoms with Crippen LogP contribution in [0.15, 0.2) is 102 Å². The predicted molar refractivity (Wildman–Crippen MR) is 180 cm³/mol. The number of carbonyl (C=O) groups is 1. The number of furan rings is 1. The van der Waals surface area contributed by atoms with Crippen LogP contribution in [0, 0.1) is 0 Å². The van der Waals surface area contributed by atoms with Crippen LogP contribution in [0.1, 0.15) is 32.6 Å². The average molecular weight is 700 g/mol. The topological polar surface area (TPSA) is 97.3 Å². The Balaban J connectivity index is 1.08. The standard InChI is InChI=1S/C37H28F3N3O6S/c1-45-27-16-32(29-18-34(49-33(29)17-27)30-19-43-35(41-30)50-36(42-43)46-2)48-21-24-10-6-9-23(11-24)12-31(44)25-13-26(37(38,39)40)15-28(14-25)47-20-22-7-4-3-5-8-22/h3-11,13-19H,12,20-21H2,1-2H3. The monoisotopic (exact) mass is 699 g/mol. The van der Waals surface area contributed by atoms with E-state index in [1.807, 2.05) is 30.3 Å². The SMILES string of the molecule is COc1cc(OCc2cccc(CC(=O)c3cc(OCc4ccccc4)cc(C(F)(F)F)c3)c2)c2cc(-c3cn4nc(OC)sc4n3)oc2c1. The van der Waals surface area contributed by atoms with Crippen LogP contribution in [0.25, 0.3) is 27.4 Å². The molecule has 0 atom stereocenters. The highest BCUT2D eigenvalue weighted by molar-refractivity contribution is 7.18. The molecule has 0 aliphatic carbocycles. The Morgan fingerprint density at radius 1 is 0.840 bits per heavy atom. The largest absolute Gasteiger partial charge is 0.496 e. The number of fused-ring (bicyclic) bond motifs is 2. The summed E-state index contributed by atoms with van der Waals surface area (Å²) in [6.07, 6.45) is -3.03. The molecule has 9 nitrogen and oxygen atoms in total. The highest BCUT2D eigenvalue weighted by atomic mass is 32.1. The van der Waals surface area contributed by atoms with Gasteiger partial charge in [-0.05, 0) is 52.3 Å². The number of hydrogen-bond acceptors (Lipinski definition) is 9. The summed E-state index contributed by atoms with van der Waals surface area (Å²) < 4.78 is 71.6. The second kappa shape index (κ2) is 13.6. The Bertz CT molecular complexity index is 2280. The van der Waals surface area contributed by atoms with Crippen LogP contribution in [-0.4, -0.2) is 34.6 Å². The lowest BCUT2D eigenvalue weighted by atomic mass is 9.99. The molecule has 0 aliphatic rings. The van der Waals surface area contributed by atoms with Crippen LogP contribution < -0.4 is 18.9 Å². The van der Waals surface area contributed by atoms with E-state index in [1.165, 1.54) is 17.4 Å². The Labute approximate surface area is 287 Å². The van der Waals surface area contributed by atoms with Gasteiger partial charge in [0.1, 0.15) is 41.7 Å². The van der Waals surface area contributed by atoms with E-state index in [1.54, 1.807) is 67.4 Å². The number of benzene rings is 4. The Morgan fingerprint density at radius 3 is 2.38 bits per heavy atom. The molecule has 0 saturated heterocycles. The zero-order valence-electron chi connectivity index (χ0n) is 26.7. The van der Waals surface area contributed by atoms with Crippen LogP contribution >= 0.6 is 11.3 Å². The van der Waals surface area contributed by atoms with Crippen molar-refractivity contribution in [1.82, 2.24) is 14.6 Å². The quantitative estimate of drug-likeness (QED) is 0.117. The summed E-state index contributed by atoms with van der Waals surface area (Å²) in [7, 11) is 3.09. The third-order valence-electron chi connectivity index (χ3n) is 7.81. The van der Waals surface area contributed by atoms with Crippen molar-refractivity contribution < 1.29 is 41.3 Å². The minimum atomic E-state index is -4.65. The molecule has 0 radical (unpaired) electrons. The van der Waals surface area contributed by atoms with E-state index in [0.29, 0.717) is 49.6 Å². The van der Waals surface area contributed by atoms with Gasteiger partial charge in [0, 0.05) is 24.1 Å².